The molecule has 1 rings (SSSR count). The second kappa shape index (κ2) is 7.51. The Morgan fingerprint density at radius 2 is 1.89 bits per heavy atom. The first kappa shape index (κ1) is 16.0. The molecule has 0 spiro atoms. The maximum absolute atomic E-state index is 12.3. The van der Waals surface area contributed by atoms with E-state index in [1.54, 1.807) is 24.3 Å². The minimum atomic E-state index is -0.635. The van der Waals surface area contributed by atoms with Gasteiger partial charge in [-0.2, -0.15) is 0 Å². The van der Waals surface area contributed by atoms with Crippen molar-refractivity contribution in [2.45, 2.75) is 45.6 Å². The third kappa shape index (κ3) is 4.84. The lowest BCUT2D eigenvalue weighted by molar-refractivity contribution is -0.141. The van der Waals surface area contributed by atoms with E-state index >= 15 is 0 Å². The minimum absolute atomic E-state index is 0.245. The predicted molar refractivity (Wildman–Crippen MR) is 78.7 cm³/mol. The van der Waals surface area contributed by atoms with Crippen molar-refractivity contribution in [2.24, 2.45) is 0 Å². The summed E-state index contributed by atoms with van der Waals surface area (Å²) in [5.41, 5.74) is -0.635. The van der Waals surface area contributed by atoms with Crippen LogP contribution in [0, 0.1) is 0 Å². The number of rotatable bonds is 7. The fourth-order valence-electron chi connectivity index (χ4n) is 1.89. The number of hydrogen-bond donors (Lipinski definition) is 1. The number of carbonyl (C=O) groups excluding carboxylic acids is 1. The normalized spacial score (nSPS) is 13.9. The van der Waals surface area contributed by atoms with Crippen LogP contribution in [0.4, 0.5) is 0 Å². The van der Waals surface area contributed by atoms with Gasteiger partial charge < -0.3 is 10.1 Å². The lowest BCUT2D eigenvalue weighted by Gasteiger charge is -2.28. The van der Waals surface area contributed by atoms with Crippen LogP contribution in [0.2, 0.25) is 5.02 Å². The van der Waals surface area contributed by atoms with E-state index in [4.69, 9.17) is 16.3 Å². The van der Waals surface area contributed by atoms with Crippen molar-refractivity contribution in [1.82, 2.24) is 5.32 Å². The number of ether oxygens (including phenoxy) is 1. The molecule has 0 aliphatic carbocycles. The molecule has 1 aromatic carbocycles. The molecule has 0 aliphatic rings. The second-order valence-electron chi connectivity index (χ2n) is 4.85. The number of nitrogens with one attached hydrogen (secondary N) is 1. The van der Waals surface area contributed by atoms with Crippen molar-refractivity contribution in [3.8, 4) is 5.75 Å². The van der Waals surface area contributed by atoms with Gasteiger partial charge in [0, 0.05) is 5.02 Å². The van der Waals surface area contributed by atoms with Gasteiger partial charge in [-0.1, -0.05) is 31.9 Å². The average molecular weight is 284 g/mol. The van der Waals surface area contributed by atoms with Crippen molar-refractivity contribution in [3.05, 3.63) is 29.3 Å². The van der Waals surface area contributed by atoms with Crippen LogP contribution in [0.25, 0.3) is 0 Å². The zero-order valence-electron chi connectivity index (χ0n) is 11.8. The van der Waals surface area contributed by atoms with Crippen molar-refractivity contribution in [3.63, 3.8) is 0 Å². The van der Waals surface area contributed by atoms with E-state index < -0.39 is 5.54 Å². The van der Waals surface area contributed by atoms with E-state index in [-0.39, 0.29) is 5.97 Å². The highest BCUT2D eigenvalue weighted by Gasteiger charge is 2.33. The SMILES string of the molecule is CCCNC(C)(CCC)C(=O)Oc1ccc(Cl)cc1. The second-order valence-corrected chi connectivity index (χ2v) is 5.29. The monoisotopic (exact) mass is 283 g/mol. The van der Waals surface area contributed by atoms with E-state index in [0.717, 1.165) is 25.8 Å². The maximum Gasteiger partial charge on any atom is 0.331 e. The molecule has 0 saturated heterocycles. The summed E-state index contributed by atoms with van der Waals surface area (Å²) in [4.78, 5) is 12.3. The zero-order chi connectivity index (χ0) is 14.3. The van der Waals surface area contributed by atoms with E-state index in [2.05, 4.69) is 19.2 Å². The Bertz CT molecular complexity index is 405. The number of hydrogen-bond acceptors (Lipinski definition) is 3. The largest absolute Gasteiger partial charge is 0.425 e. The van der Waals surface area contributed by atoms with Crippen molar-refractivity contribution in [1.29, 1.82) is 0 Å². The summed E-state index contributed by atoms with van der Waals surface area (Å²) >= 11 is 5.80. The van der Waals surface area contributed by atoms with Gasteiger partial charge in [0.05, 0.1) is 0 Å². The molecular weight excluding hydrogens is 262 g/mol. The van der Waals surface area contributed by atoms with Crippen molar-refractivity contribution >= 4 is 17.6 Å². The highest BCUT2D eigenvalue weighted by molar-refractivity contribution is 6.30. The highest BCUT2D eigenvalue weighted by Crippen LogP contribution is 2.20. The Morgan fingerprint density at radius 3 is 2.42 bits per heavy atom. The third-order valence-electron chi connectivity index (χ3n) is 2.99. The van der Waals surface area contributed by atoms with Crippen LogP contribution in [0.5, 0.6) is 5.75 Å². The van der Waals surface area contributed by atoms with Gasteiger partial charge in [0.15, 0.2) is 0 Å². The average Bonchev–Trinajstić information content (AvgIpc) is 2.39. The molecule has 0 heterocycles. The molecule has 1 atom stereocenters. The van der Waals surface area contributed by atoms with E-state index in [1.165, 1.54) is 0 Å². The minimum Gasteiger partial charge on any atom is -0.425 e. The first-order valence-electron chi connectivity index (χ1n) is 6.74. The van der Waals surface area contributed by atoms with Crippen molar-refractivity contribution in [2.75, 3.05) is 6.54 Å². The quantitative estimate of drug-likeness (QED) is 0.611. The standard InChI is InChI=1S/C15H22ClNO2/c1-4-10-15(3,17-11-5-2)14(18)19-13-8-6-12(16)7-9-13/h6-9,17H,4-5,10-11H2,1-3H3. The summed E-state index contributed by atoms with van der Waals surface area (Å²) < 4.78 is 5.42. The smallest absolute Gasteiger partial charge is 0.331 e. The molecule has 19 heavy (non-hydrogen) atoms. The van der Waals surface area contributed by atoms with Crippen LogP contribution in [0.15, 0.2) is 24.3 Å². The molecule has 0 saturated carbocycles. The number of esters is 1. The van der Waals surface area contributed by atoms with Gasteiger partial charge in [-0.15, -0.1) is 0 Å². The van der Waals surface area contributed by atoms with E-state index in [9.17, 15) is 4.79 Å². The molecule has 0 amide bonds. The molecular formula is C15H22ClNO2. The first-order chi connectivity index (χ1) is 9.01. The first-order valence-corrected chi connectivity index (χ1v) is 7.12. The number of carbonyl (C=O) groups is 1. The Balaban J connectivity index is 2.73. The summed E-state index contributed by atoms with van der Waals surface area (Å²) in [6, 6.07) is 6.82. The molecule has 106 valence electrons. The van der Waals surface area contributed by atoms with Gasteiger partial charge in [-0.3, -0.25) is 0 Å². The van der Waals surface area contributed by atoms with E-state index in [1.807, 2.05) is 6.92 Å². The van der Waals surface area contributed by atoms with Gasteiger partial charge in [-0.05, 0) is 50.6 Å². The lowest BCUT2D eigenvalue weighted by atomic mass is 9.96. The Kier molecular flexibility index (Phi) is 6.32. The fraction of sp³-hybridized carbons (Fsp3) is 0.533. The van der Waals surface area contributed by atoms with Gasteiger partial charge in [-0.25, -0.2) is 4.79 Å². The number of halogens is 1. The molecule has 0 radical (unpaired) electrons. The summed E-state index contributed by atoms with van der Waals surface area (Å²) in [7, 11) is 0. The molecule has 0 bridgehead atoms. The van der Waals surface area contributed by atoms with Gasteiger partial charge in [0.2, 0.25) is 0 Å². The number of benzene rings is 1. The Labute approximate surface area is 120 Å². The summed E-state index contributed by atoms with van der Waals surface area (Å²) in [6.45, 7) is 6.82. The predicted octanol–water partition coefficient (Wildman–Crippen LogP) is 3.80. The highest BCUT2D eigenvalue weighted by atomic mass is 35.5. The van der Waals surface area contributed by atoms with Crippen LogP contribution >= 0.6 is 11.6 Å². The van der Waals surface area contributed by atoms with Crippen LogP contribution < -0.4 is 10.1 Å². The fourth-order valence-corrected chi connectivity index (χ4v) is 2.01. The van der Waals surface area contributed by atoms with Crippen LogP contribution in [-0.4, -0.2) is 18.1 Å². The molecule has 4 heteroatoms. The van der Waals surface area contributed by atoms with Gasteiger partial charge in [0.25, 0.3) is 0 Å². The Hall–Kier alpha value is -1.06. The molecule has 1 aromatic rings. The van der Waals surface area contributed by atoms with Crippen LogP contribution in [0.3, 0.4) is 0 Å². The summed E-state index contributed by atoms with van der Waals surface area (Å²) in [5, 5.41) is 3.90. The summed E-state index contributed by atoms with van der Waals surface area (Å²) in [5.74, 6) is 0.278. The summed E-state index contributed by atoms with van der Waals surface area (Å²) in [6.07, 6.45) is 2.65. The molecule has 0 fully saturated rings. The van der Waals surface area contributed by atoms with Gasteiger partial charge in [0.1, 0.15) is 11.3 Å². The van der Waals surface area contributed by atoms with Crippen molar-refractivity contribution < 1.29 is 9.53 Å². The van der Waals surface area contributed by atoms with Gasteiger partial charge >= 0.3 is 5.97 Å². The van der Waals surface area contributed by atoms with Crippen LogP contribution in [0.1, 0.15) is 40.0 Å². The molecule has 0 aromatic heterocycles. The third-order valence-corrected chi connectivity index (χ3v) is 3.24. The topological polar surface area (TPSA) is 38.3 Å². The Morgan fingerprint density at radius 1 is 1.26 bits per heavy atom. The lowest BCUT2D eigenvalue weighted by Crippen LogP contribution is -2.51. The molecule has 1 unspecified atom stereocenters. The molecule has 1 N–H and O–H groups in total. The zero-order valence-corrected chi connectivity index (χ0v) is 12.6. The molecule has 3 nitrogen and oxygen atoms in total. The maximum atomic E-state index is 12.3. The molecule has 0 aliphatic heterocycles. The van der Waals surface area contributed by atoms with E-state index in [0.29, 0.717) is 10.8 Å². The van der Waals surface area contributed by atoms with Crippen LogP contribution in [-0.2, 0) is 4.79 Å².